The van der Waals surface area contributed by atoms with Crippen molar-refractivity contribution in [1.29, 1.82) is 0 Å². The van der Waals surface area contributed by atoms with E-state index in [4.69, 9.17) is 5.11 Å². The van der Waals surface area contributed by atoms with Crippen LogP contribution in [0.4, 0.5) is 0 Å². The molecule has 0 aliphatic carbocycles. The molecule has 2 aromatic heterocycles. The molecule has 0 amide bonds. The fourth-order valence-corrected chi connectivity index (χ4v) is 3.02. The summed E-state index contributed by atoms with van der Waals surface area (Å²) in [7, 11) is 0. The second-order valence-corrected chi connectivity index (χ2v) is 6.26. The quantitative estimate of drug-likeness (QED) is 0.855. The molecule has 2 aromatic rings. The van der Waals surface area contributed by atoms with Crippen LogP contribution in [0.5, 0.6) is 0 Å². The topological polar surface area (TPSA) is 63.1 Å². The van der Waals surface area contributed by atoms with Crippen LogP contribution >= 0.6 is 45.3 Å². The summed E-state index contributed by atoms with van der Waals surface area (Å²) in [5.74, 6) is -0.944. The highest BCUT2D eigenvalue weighted by molar-refractivity contribution is 14.1. The number of carboxylic acids is 1. The first-order chi connectivity index (χ1) is 6.66. The SMILES string of the molecule is O=C(O)c1cnc(-c2ncc(I)s2)s1. The molecule has 0 fully saturated rings. The molecule has 0 aromatic carbocycles. The molecule has 0 aliphatic heterocycles. The third kappa shape index (κ3) is 1.93. The zero-order valence-corrected chi connectivity index (χ0v) is 10.4. The standard InChI is InChI=1S/C7H3IN2O2S2/c8-4-2-10-6(14-4)5-9-1-3(13-5)7(11)12/h1-2H,(H,11,12). The Morgan fingerprint density at radius 2 is 1.93 bits per heavy atom. The minimum atomic E-state index is -0.944. The Hall–Kier alpha value is -0.540. The molecular formula is C7H3IN2O2S2. The number of carboxylic acid groups (broad SMARTS) is 1. The smallest absolute Gasteiger partial charge is 0.347 e. The second-order valence-electron chi connectivity index (χ2n) is 2.30. The summed E-state index contributed by atoms with van der Waals surface area (Å²) in [6.45, 7) is 0. The molecule has 0 aliphatic rings. The van der Waals surface area contributed by atoms with Crippen LogP contribution < -0.4 is 0 Å². The number of rotatable bonds is 2. The number of hydrogen-bond donors (Lipinski definition) is 1. The highest BCUT2D eigenvalue weighted by Crippen LogP contribution is 2.29. The van der Waals surface area contributed by atoms with Gasteiger partial charge in [0.1, 0.15) is 4.88 Å². The summed E-state index contributed by atoms with van der Waals surface area (Å²) in [5.41, 5.74) is 0. The Bertz CT molecular complexity index is 479. The van der Waals surface area contributed by atoms with E-state index < -0.39 is 5.97 Å². The lowest BCUT2D eigenvalue weighted by Gasteiger charge is -1.84. The van der Waals surface area contributed by atoms with Gasteiger partial charge in [-0.2, -0.15) is 0 Å². The first-order valence-electron chi connectivity index (χ1n) is 3.47. The van der Waals surface area contributed by atoms with Crippen LogP contribution in [0.2, 0.25) is 0 Å². The van der Waals surface area contributed by atoms with Gasteiger partial charge in [-0.1, -0.05) is 0 Å². The number of hydrogen-bond acceptors (Lipinski definition) is 5. The maximum atomic E-state index is 10.6. The van der Waals surface area contributed by atoms with Crippen molar-refractivity contribution in [2.24, 2.45) is 0 Å². The molecule has 0 radical (unpaired) electrons. The first-order valence-corrected chi connectivity index (χ1v) is 6.19. The molecule has 0 unspecified atom stereocenters. The Balaban J connectivity index is 2.38. The van der Waals surface area contributed by atoms with Crippen molar-refractivity contribution < 1.29 is 9.90 Å². The fraction of sp³-hybridized carbons (Fsp3) is 0. The summed E-state index contributed by atoms with van der Waals surface area (Å²) in [4.78, 5) is 19.0. The van der Waals surface area contributed by atoms with Gasteiger partial charge in [0.15, 0.2) is 10.0 Å². The van der Waals surface area contributed by atoms with Crippen LogP contribution in [0.25, 0.3) is 10.0 Å². The molecular weight excluding hydrogens is 335 g/mol. The lowest BCUT2D eigenvalue weighted by molar-refractivity contribution is 0.0702. The zero-order valence-electron chi connectivity index (χ0n) is 6.60. The van der Waals surface area contributed by atoms with Gasteiger partial charge in [0.05, 0.1) is 15.3 Å². The van der Waals surface area contributed by atoms with E-state index >= 15 is 0 Å². The van der Waals surface area contributed by atoms with Crippen molar-refractivity contribution in [3.8, 4) is 10.0 Å². The van der Waals surface area contributed by atoms with E-state index in [1.807, 2.05) is 0 Å². The molecule has 0 saturated carbocycles. The van der Waals surface area contributed by atoms with Gasteiger partial charge in [-0.25, -0.2) is 14.8 Å². The van der Waals surface area contributed by atoms with Crippen LogP contribution in [0.3, 0.4) is 0 Å². The molecule has 0 spiro atoms. The van der Waals surface area contributed by atoms with Gasteiger partial charge < -0.3 is 5.11 Å². The molecule has 2 heterocycles. The van der Waals surface area contributed by atoms with Crippen LogP contribution in [0, 0.1) is 2.88 Å². The van der Waals surface area contributed by atoms with Crippen LogP contribution in [-0.2, 0) is 0 Å². The van der Waals surface area contributed by atoms with Gasteiger partial charge in [0, 0.05) is 0 Å². The largest absolute Gasteiger partial charge is 0.477 e. The molecule has 0 saturated heterocycles. The number of thiazole rings is 2. The Labute approximate surface area is 101 Å². The Morgan fingerprint density at radius 3 is 2.43 bits per heavy atom. The minimum Gasteiger partial charge on any atom is -0.477 e. The molecule has 1 N–H and O–H groups in total. The Morgan fingerprint density at radius 1 is 1.29 bits per heavy atom. The average Bonchev–Trinajstić information content (AvgIpc) is 2.70. The van der Waals surface area contributed by atoms with Crippen molar-refractivity contribution >= 4 is 51.2 Å². The summed E-state index contributed by atoms with van der Waals surface area (Å²) >= 11 is 4.80. The predicted molar refractivity (Wildman–Crippen MR) is 62.9 cm³/mol. The lowest BCUT2D eigenvalue weighted by Crippen LogP contribution is -1.89. The van der Waals surface area contributed by atoms with Gasteiger partial charge in [-0.3, -0.25) is 0 Å². The third-order valence-electron chi connectivity index (χ3n) is 1.38. The fourth-order valence-electron chi connectivity index (χ4n) is 0.825. The van der Waals surface area contributed by atoms with Crippen molar-refractivity contribution in [3.63, 3.8) is 0 Å². The molecule has 0 atom stereocenters. The van der Waals surface area contributed by atoms with E-state index in [1.165, 1.54) is 17.5 Å². The van der Waals surface area contributed by atoms with E-state index in [0.29, 0.717) is 5.01 Å². The highest BCUT2D eigenvalue weighted by Gasteiger charge is 2.12. The van der Waals surface area contributed by atoms with Crippen molar-refractivity contribution in [2.45, 2.75) is 0 Å². The van der Waals surface area contributed by atoms with E-state index in [9.17, 15) is 4.79 Å². The molecule has 2 rings (SSSR count). The molecule has 7 heteroatoms. The van der Waals surface area contributed by atoms with Gasteiger partial charge in [0.2, 0.25) is 0 Å². The van der Waals surface area contributed by atoms with Gasteiger partial charge in [-0.15, -0.1) is 22.7 Å². The van der Waals surface area contributed by atoms with E-state index in [1.54, 1.807) is 6.20 Å². The number of halogens is 1. The molecule has 4 nitrogen and oxygen atoms in total. The monoisotopic (exact) mass is 338 g/mol. The molecule has 0 bridgehead atoms. The van der Waals surface area contributed by atoms with Crippen LogP contribution in [0.15, 0.2) is 12.4 Å². The van der Waals surface area contributed by atoms with Crippen LogP contribution in [0.1, 0.15) is 9.67 Å². The minimum absolute atomic E-state index is 0.241. The summed E-state index contributed by atoms with van der Waals surface area (Å²) in [6, 6.07) is 0. The number of aromatic nitrogens is 2. The normalized spacial score (nSPS) is 10.4. The summed E-state index contributed by atoms with van der Waals surface area (Å²) in [6.07, 6.45) is 3.10. The van der Waals surface area contributed by atoms with Gasteiger partial charge >= 0.3 is 5.97 Å². The third-order valence-corrected chi connectivity index (χ3v) is 4.23. The van der Waals surface area contributed by atoms with Crippen molar-refractivity contribution in [1.82, 2.24) is 9.97 Å². The van der Waals surface area contributed by atoms with E-state index in [0.717, 1.165) is 19.2 Å². The molecule has 72 valence electrons. The van der Waals surface area contributed by atoms with Crippen molar-refractivity contribution in [3.05, 3.63) is 20.2 Å². The Kier molecular flexibility index (Phi) is 2.79. The lowest BCUT2D eigenvalue weighted by atomic mass is 10.6. The maximum absolute atomic E-state index is 10.6. The zero-order chi connectivity index (χ0) is 10.1. The predicted octanol–water partition coefficient (Wildman–Crippen LogP) is 2.57. The van der Waals surface area contributed by atoms with Gasteiger partial charge in [0.25, 0.3) is 0 Å². The van der Waals surface area contributed by atoms with Crippen LogP contribution in [-0.4, -0.2) is 21.0 Å². The van der Waals surface area contributed by atoms with Crippen molar-refractivity contribution in [2.75, 3.05) is 0 Å². The number of carbonyl (C=O) groups is 1. The van der Waals surface area contributed by atoms with E-state index in [-0.39, 0.29) is 4.88 Å². The maximum Gasteiger partial charge on any atom is 0.347 e. The molecule has 14 heavy (non-hydrogen) atoms. The second kappa shape index (κ2) is 3.91. The average molecular weight is 338 g/mol. The highest BCUT2D eigenvalue weighted by atomic mass is 127. The number of aromatic carboxylic acids is 1. The van der Waals surface area contributed by atoms with Gasteiger partial charge in [-0.05, 0) is 22.6 Å². The number of nitrogens with zero attached hydrogens (tertiary/aromatic N) is 2. The first kappa shape index (κ1) is 9.99. The van der Waals surface area contributed by atoms with E-state index in [2.05, 4.69) is 32.6 Å². The summed E-state index contributed by atoms with van der Waals surface area (Å²) < 4.78 is 1.06. The summed E-state index contributed by atoms with van der Waals surface area (Å²) in [5, 5.41) is 10.1.